The highest BCUT2D eigenvalue weighted by Crippen LogP contribution is 2.25. The van der Waals surface area contributed by atoms with Gasteiger partial charge in [-0.15, -0.1) is 0 Å². The molecule has 0 aliphatic heterocycles. The Morgan fingerprint density at radius 2 is 1.81 bits per heavy atom. The molecule has 0 bridgehead atoms. The van der Waals surface area contributed by atoms with Crippen LogP contribution in [-0.4, -0.2) is 42.3 Å². The number of hydrogen-bond donors (Lipinski definition) is 1. The Kier molecular flexibility index (Phi) is 5.21. The minimum absolute atomic E-state index is 0.0948. The fourth-order valence-corrected chi connectivity index (χ4v) is 3.76. The molecule has 0 aromatic carbocycles. The first-order chi connectivity index (χ1) is 7.50. The molecule has 4 nitrogen and oxygen atoms in total. The lowest BCUT2D eigenvalue weighted by atomic mass is 9.95. The van der Waals surface area contributed by atoms with E-state index in [2.05, 4.69) is 0 Å². The monoisotopic (exact) mass is 249 g/mol. The molecule has 0 spiro atoms. The van der Waals surface area contributed by atoms with Crippen LogP contribution >= 0.6 is 0 Å². The van der Waals surface area contributed by atoms with Crippen LogP contribution in [0.5, 0.6) is 0 Å². The second-order valence-electron chi connectivity index (χ2n) is 4.72. The van der Waals surface area contributed by atoms with Gasteiger partial charge in [-0.1, -0.05) is 19.3 Å². The summed E-state index contributed by atoms with van der Waals surface area (Å²) in [5, 5.41) is 8.60. The third kappa shape index (κ3) is 3.18. The predicted molar refractivity (Wildman–Crippen MR) is 64.7 cm³/mol. The van der Waals surface area contributed by atoms with Crippen LogP contribution in [0.1, 0.15) is 46.0 Å². The highest BCUT2D eigenvalue weighted by molar-refractivity contribution is 7.89. The van der Waals surface area contributed by atoms with Gasteiger partial charge in [0.1, 0.15) is 0 Å². The molecule has 96 valence electrons. The van der Waals surface area contributed by atoms with Crippen molar-refractivity contribution in [1.29, 1.82) is 0 Å². The van der Waals surface area contributed by atoms with E-state index in [1.54, 1.807) is 13.8 Å². The van der Waals surface area contributed by atoms with Crippen molar-refractivity contribution in [3.05, 3.63) is 0 Å². The maximum atomic E-state index is 12.1. The lowest BCUT2D eigenvalue weighted by Crippen LogP contribution is -2.45. The van der Waals surface area contributed by atoms with Gasteiger partial charge in [-0.05, 0) is 26.7 Å². The zero-order chi connectivity index (χ0) is 12.2. The van der Waals surface area contributed by atoms with Crippen LogP contribution in [0.3, 0.4) is 0 Å². The molecular formula is C11H23NO3S. The van der Waals surface area contributed by atoms with Gasteiger partial charge < -0.3 is 5.11 Å². The molecule has 5 heteroatoms. The number of rotatable bonds is 5. The maximum absolute atomic E-state index is 12.1. The van der Waals surface area contributed by atoms with Crippen molar-refractivity contribution in [2.24, 2.45) is 0 Å². The number of aliphatic hydroxyl groups is 1. The van der Waals surface area contributed by atoms with E-state index in [1.165, 1.54) is 10.7 Å². The van der Waals surface area contributed by atoms with E-state index in [-0.39, 0.29) is 19.2 Å². The van der Waals surface area contributed by atoms with E-state index in [1.807, 2.05) is 0 Å². The molecule has 0 aromatic rings. The van der Waals surface area contributed by atoms with Gasteiger partial charge in [-0.2, -0.15) is 4.31 Å². The van der Waals surface area contributed by atoms with Crippen molar-refractivity contribution >= 4 is 10.0 Å². The average Bonchev–Trinajstić information content (AvgIpc) is 2.26. The average molecular weight is 249 g/mol. The topological polar surface area (TPSA) is 57.6 Å². The number of aliphatic hydroxyl groups excluding tert-OH is 1. The van der Waals surface area contributed by atoms with Crippen molar-refractivity contribution in [2.45, 2.75) is 57.2 Å². The first-order valence-electron chi connectivity index (χ1n) is 6.11. The molecule has 0 heterocycles. The van der Waals surface area contributed by atoms with Crippen LogP contribution < -0.4 is 0 Å². The van der Waals surface area contributed by atoms with Crippen LogP contribution in [0, 0.1) is 0 Å². The fraction of sp³-hybridized carbons (Fsp3) is 1.00. The number of hydrogen-bond acceptors (Lipinski definition) is 3. The van der Waals surface area contributed by atoms with Crippen molar-refractivity contribution in [3.8, 4) is 0 Å². The van der Waals surface area contributed by atoms with Crippen LogP contribution in [0.15, 0.2) is 0 Å². The van der Waals surface area contributed by atoms with Crippen molar-refractivity contribution < 1.29 is 13.5 Å². The zero-order valence-electron chi connectivity index (χ0n) is 10.2. The Balaban J connectivity index is 2.80. The Morgan fingerprint density at radius 3 is 2.25 bits per heavy atom. The second-order valence-corrected chi connectivity index (χ2v) is 7.16. The molecule has 0 atom stereocenters. The SMILES string of the molecule is CC(C)S(=O)(=O)N(CCO)C1CCCCC1. The van der Waals surface area contributed by atoms with Gasteiger partial charge in [0.15, 0.2) is 0 Å². The predicted octanol–water partition coefficient (Wildman–Crippen LogP) is 1.35. The van der Waals surface area contributed by atoms with Gasteiger partial charge in [-0.3, -0.25) is 0 Å². The minimum Gasteiger partial charge on any atom is -0.395 e. The molecule has 0 saturated heterocycles. The molecule has 0 amide bonds. The summed E-state index contributed by atoms with van der Waals surface area (Å²) in [6.45, 7) is 3.54. The van der Waals surface area contributed by atoms with E-state index in [0.717, 1.165) is 25.7 Å². The first kappa shape index (κ1) is 13.9. The highest BCUT2D eigenvalue weighted by Gasteiger charge is 2.32. The van der Waals surface area contributed by atoms with Gasteiger partial charge in [0.2, 0.25) is 10.0 Å². The summed E-state index contributed by atoms with van der Waals surface area (Å²) in [7, 11) is -3.23. The molecule has 16 heavy (non-hydrogen) atoms. The Morgan fingerprint density at radius 1 is 1.25 bits per heavy atom. The highest BCUT2D eigenvalue weighted by atomic mass is 32.2. The van der Waals surface area contributed by atoms with Crippen LogP contribution in [0.2, 0.25) is 0 Å². The summed E-state index contributed by atoms with van der Waals surface area (Å²) in [5.74, 6) is 0. The fourth-order valence-electron chi connectivity index (χ4n) is 2.26. The third-order valence-electron chi connectivity index (χ3n) is 3.22. The second kappa shape index (κ2) is 5.98. The molecule has 0 aromatic heterocycles. The molecule has 0 radical (unpaired) electrons. The molecule has 1 rings (SSSR count). The standard InChI is InChI=1S/C11H23NO3S/c1-10(2)16(14,15)12(8-9-13)11-6-4-3-5-7-11/h10-11,13H,3-9H2,1-2H3. The van der Waals surface area contributed by atoms with Crippen LogP contribution in [-0.2, 0) is 10.0 Å². The molecule has 1 aliphatic rings. The molecule has 1 aliphatic carbocycles. The summed E-state index contributed by atoms with van der Waals surface area (Å²) < 4.78 is 25.8. The maximum Gasteiger partial charge on any atom is 0.216 e. The Bertz CT molecular complexity index is 294. The smallest absolute Gasteiger partial charge is 0.216 e. The zero-order valence-corrected chi connectivity index (χ0v) is 11.0. The van der Waals surface area contributed by atoms with Gasteiger partial charge in [0.25, 0.3) is 0 Å². The van der Waals surface area contributed by atoms with E-state index >= 15 is 0 Å². The molecule has 1 N–H and O–H groups in total. The van der Waals surface area contributed by atoms with Crippen molar-refractivity contribution in [1.82, 2.24) is 4.31 Å². The minimum atomic E-state index is -3.23. The first-order valence-corrected chi connectivity index (χ1v) is 7.62. The summed E-state index contributed by atoms with van der Waals surface area (Å²) >= 11 is 0. The van der Waals surface area contributed by atoms with E-state index < -0.39 is 15.3 Å². The Labute approximate surface area is 98.7 Å². The molecule has 0 unspecified atom stereocenters. The van der Waals surface area contributed by atoms with Gasteiger partial charge in [0.05, 0.1) is 11.9 Å². The van der Waals surface area contributed by atoms with Gasteiger partial charge >= 0.3 is 0 Å². The van der Waals surface area contributed by atoms with Crippen LogP contribution in [0.25, 0.3) is 0 Å². The summed E-state index contributed by atoms with van der Waals surface area (Å²) in [6, 6.07) is 0.105. The van der Waals surface area contributed by atoms with E-state index in [4.69, 9.17) is 5.11 Å². The van der Waals surface area contributed by atoms with Gasteiger partial charge in [-0.25, -0.2) is 8.42 Å². The summed E-state index contributed by atoms with van der Waals surface area (Å²) in [5.41, 5.74) is 0. The summed E-state index contributed by atoms with van der Waals surface area (Å²) in [4.78, 5) is 0. The lowest BCUT2D eigenvalue weighted by molar-refractivity contribution is 0.198. The van der Waals surface area contributed by atoms with Crippen molar-refractivity contribution in [3.63, 3.8) is 0 Å². The molecule has 1 fully saturated rings. The molecular weight excluding hydrogens is 226 g/mol. The Hall–Kier alpha value is -0.130. The third-order valence-corrected chi connectivity index (χ3v) is 5.55. The van der Waals surface area contributed by atoms with Gasteiger partial charge in [0, 0.05) is 12.6 Å². The van der Waals surface area contributed by atoms with E-state index in [0.29, 0.717) is 0 Å². The van der Waals surface area contributed by atoms with E-state index in [9.17, 15) is 8.42 Å². The van der Waals surface area contributed by atoms with Crippen molar-refractivity contribution in [2.75, 3.05) is 13.2 Å². The van der Waals surface area contributed by atoms with Crippen LogP contribution in [0.4, 0.5) is 0 Å². The normalized spacial score (nSPS) is 19.6. The summed E-state index contributed by atoms with van der Waals surface area (Å²) in [6.07, 6.45) is 5.27. The molecule has 1 saturated carbocycles. The largest absolute Gasteiger partial charge is 0.395 e. The lowest BCUT2D eigenvalue weighted by Gasteiger charge is -2.34. The quantitative estimate of drug-likeness (QED) is 0.800. The number of nitrogens with zero attached hydrogens (tertiary/aromatic N) is 1. The number of sulfonamides is 1.